The Morgan fingerprint density at radius 3 is 2.68 bits per heavy atom. The molecule has 1 aromatic rings. The van der Waals surface area contributed by atoms with Crippen LogP contribution in [0.3, 0.4) is 0 Å². The van der Waals surface area contributed by atoms with E-state index in [1.165, 1.54) is 0 Å². The molecule has 2 rings (SSSR count). The van der Waals surface area contributed by atoms with Gasteiger partial charge >= 0.3 is 0 Å². The largest absolute Gasteiger partial charge is 0.381 e. The quantitative estimate of drug-likeness (QED) is 0.648. The van der Waals surface area contributed by atoms with E-state index in [2.05, 4.69) is 20.6 Å². The summed E-state index contributed by atoms with van der Waals surface area (Å²) in [4.78, 5) is 19.9. The van der Waals surface area contributed by atoms with Crippen LogP contribution in [0, 0.1) is 5.92 Å². The highest BCUT2D eigenvalue weighted by Gasteiger charge is 2.26. The minimum Gasteiger partial charge on any atom is -0.381 e. The van der Waals surface area contributed by atoms with Gasteiger partial charge in [-0.15, -0.1) is 24.8 Å². The molecule has 0 aliphatic carbocycles. The average Bonchev–Trinajstić information content (AvgIpc) is 2.52. The third kappa shape index (κ3) is 6.74. The van der Waals surface area contributed by atoms with E-state index >= 15 is 0 Å². The van der Waals surface area contributed by atoms with Gasteiger partial charge in [0.25, 0.3) is 0 Å². The van der Waals surface area contributed by atoms with E-state index in [0.29, 0.717) is 32.1 Å². The molecule has 0 spiro atoms. The number of hydrogen-bond acceptors (Lipinski definition) is 6. The van der Waals surface area contributed by atoms with Crippen molar-refractivity contribution in [1.82, 2.24) is 15.3 Å². The van der Waals surface area contributed by atoms with Gasteiger partial charge in [0.15, 0.2) is 0 Å². The number of nitrogens with zero attached hydrogens (tertiary/aromatic N) is 2. The number of nitrogens with one attached hydrogen (secondary N) is 2. The molecular weight excluding hydrogens is 329 g/mol. The molecule has 22 heavy (non-hydrogen) atoms. The van der Waals surface area contributed by atoms with Crippen LogP contribution < -0.4 is 16.4 Å². The molecule has 1 saturated heterocycles. The van der Waals surface area contributed by atoms with Crippen molar-refractivity contribution in [2.24, 2.45) is 11.7 Å². The van der Waals surface area contributed by atoms with Crippen LogP contribution in [0.5, 0.6) is 0 Å². The van der Waals surface area contributed by atoms with Crippen LogP contribution in [0.2, 0.25) is 0 Å². The van der Waals surface area contributed by atoms with E-state index in [-0.39, 0.29) is 36.6 Å². The minimum atomic E-state index is -0.449. The molecule has 4 N–H and O–H groups in total. The summed E-state index contributed by atoms with van der Waals surface area (Å²) in [7, 11) is 0. The van der Waals surface area contributed by atoms with Crippen molar-refractivity contribution >= 4 is 36.5 Å². The van der Waals surface area contributed by atoms with E-state index in [1.54, 1.807) is 18.6 Å². The Bertz CT molecular complexity index is 418. The topological polar surface area (TPSA) is 102 Å². The molecule has 1 unspecified atom stereocenters. The van der Waals surface area contributed by atoms with Gasteiger partial charge in [0.05, 0.1) is 12.2 Å². The Kier molecular flexibility index (Phi) is 10.8. The predicted octanol–water partition coefficient (Wildman–Crippen LogP) is 0.602. The Morgan fingerprint density at radius 1 is 1.32 bits per heavy atom. The minimum absolute atomic E-state index is 0. The zero-order valence-electron chi connectivity index (χ0n) is 12.2. The Balaban J connectivity index is 0.00000220. The number of rotatable bonds is 6. The van der Waals surface area contributed by atoms with Gasteiger partial charge in [0, 0.05) is 38.7 Å². The Hall–Kier alpha value is -1.15. The zero-order valence-corrected chi connectivity index (χ0v) is 13.9. The van der Waals surface area contributed by atoms with E-state index < -0.39 is 6.04 Å². The summed E-state index contributed by atoms with van der Waals surface area (Å²) in [6.45, 7) is 2.48. The first-order valence-electron chi connectivity index (χ1n) is 6.88. The molecule has 7 nitrogen and oxygen atoms in total. The third-order valence-electron chi connectivity index (χ3n) is 3.37. The van der Waals surface area contributed by atoms with Crippen LogP contribution >= 0.6 is 24.8 Å². The molecule has 126 valence electrons. The van der Waals surface area contributed by atoms with Crippen LogP contribution in [-0.4, -0.2) is 48.2 Å². The Morgan fingerprint density at radius 2 is 2.05 bits per heavy atom. The van der Waals surface area contributed by atoms with E-state index in [0.717, 1.165) is 12.8 Å². The fourth-order valence-electron chi connectivity index (χ4n) is 2.17. The SMILES string of the molecule is Cl.Cl.NC(C(=O)NCCNc1cnccn1)C1CCOCC1. The lowest BCUT2D eigenvalue weighted by Gasteiger charge is -2.26. The van der Waals surface area contributed by atoms with Crippen molar-refractivity contribution in [1.29, 1.82) is 0 Å². The fourth-order valence-corrected chi connectivity index (χ4v) is 2.17. The molecule has 0 aromatic carbocycles. The van der Waals surface area contributed by atoms with Crippen molar-refractivity contribution in [2.45, 2.75) is 18.9 Å². The summed E-state index contributed by atoms with van der Waals surface area (Å²) >= 11 is 0. The van der Waals surface area contributed by atoms with Crippen LogP contribution in [0.4, 0.5) is 5.82 Å². The first kappa shape index (κ1) is 20.9. The maximum atomic E-state index is 11.9. The van der Waals surface area contributed by atoms with Gasteiger partial charge in [0.2, 0.25) is 5.91 Å². The third-order valence-corrected chi connectivity index (χ3v) is 3.37. The average molecular weight is 352 g/mol. The predicted molar refractivity (Wildman–Crippen MR) is 89.5 cm³/mol. The highest BCUT2D eigenvalue weighted by Crippen LogP contribution is 2.17. The summed E-state index contributed by atoms with van der Waals surface area (Å²) in [5, 5.41) is 5.90. The van der Waals surface area contributed by atoms with Gasteiger partial charge in [-0.25, -0.2) is 4.98 Å². The number of ether oxygens (including phenoxy) is 1. The van der Waals surface area contributed by atoms with Crippen LogP contribution in [0.15, 0.2) is 18.6 Å². The van der Waals surface area contributed by atoms with Gasteiger partial charge in [-0.3, -0.25) is 9.78 Å². The van der Waals surface area contributed by atoms with Crippen molar-refractivity contribution in [3.63, 3.8) is 0 Å². The van der Waals surface area contributed by atoms with E-state index in [1.807, 2.05) is 0 Å². The normalized spacial score (nSPS) is 15.9. The van der Waals surface area contributed by atoms with Gasteiger partial charge in [-0.1, -0.05) is 0 Å². The number of hydrogen-bond donors (Lipinski definition) is 3. The van der Waals surface area contributed by atoms with Crippen molar-refractivity contribution in [3.8, 4) is 0 Å². The number of carbonyl (C=O) groups is 1. The molecule has 2 heterocycles. The summed E-state index contributed by atoms with van der Waals surface area (Å²) in [6, 6.07) is -0.449. The standard InChI is InChI=1S/C13H21N5O2.2ClH/c14-12(10-1-7-20-8-2-10)13(19)18-6-5-17-11-9-15-3-4-16-11;;/h3-4,9-10,12H,1-2,5-8,14H2,(H,16,17)(H,18,19);2*1H. The lowest BCUT2D eigenvalue weighted by atomic mass is 9.92. The second-order valence-corrected chi connectivity index (χ2v) is 4.78. The number of aromatic nitrogens is 2. The first-order chi connectivity index (χ1) is 9.77. The zero-order chi connectivity index (χ0) is 14.2. The van der Waals surface area contributed by atoms with Gasteiger partial charge in [-0.05, 0) is 18.8 Å². The second kappa shape index (κ2) is 11.4. The van der Waals surface area contributed by atoms with Crippen molar-refractivity contribution < 1.29 is 9.53 Å². The van der Waals surface area contributed by atoms with Gasteiger partial charge < -0.3 is 21.1 Å². The van der Waals surface area contributed by atoms with E-state index in [4.69, 9.17) is 10.5 Å². The fraction of sp³-hybridized carbons (Fsp3) is 0.615. The van der Waals surface area contributed by atoms with Crippen LogP contribution in [0.1, 0.15) is 12.8 Å². The number of anilines is 1. The second-order valence-electron chi connectivity index (χ2n) is 4.78. The summed E-state index contributed by atoms with van der Waals surface area (Å²) in [5.74, 6) is 0.810. The van der Waals surface area contributed by atoms with Crippen molar-refractivity contribution in [2.75, 3.05) is 31.6 Å². The molecule has 1 aliphatic rings. The molecule has 0 saturated carbocycles. The van der Waals surface area contributed by atoms with Crippen molar-refractivity contribution in [3.05, 3.63) is 18.6 Å². The molecule has 1 amide bonds. The van der Waals surface area contributed by atoms with Crippen LogP contribution in [-0.2, 0) is 9.53 Å². The number of nitrogens with two attached hydrogens (primary N) is 1. The molecular formula is C13H23Cl2N5O2. The number of carbonyl (C=O) groups excluding carboxylic acids is 1. The van der Waals surface area contributed by atoms with E-state index in [9.17, 15) is 4.79 Å². The number of halogens is 2. The highest BCUT2D eigenvalue weighted by atomic mass is 35.5. The Labute approximate surface area is 142 Å². The molecule has 0 bridgehead atoms. The smallest absolute Gasteiger partial charge is 0.237 e. The van der Waals surface area contributed by atoms with Gasteiger partial charge in [-0.2, -0.15) is 0 Å². The highest BCUT2D eigenvalue weighted by molar-refractivity contribution is 5.85. The van der Waals surface area contributed by atoms with Gasteiger partial charge in [0.1, 0.15) is 5.82 Å². The first-order valence-corrected chi connectivity index (χ1v) is 6.88. The number of amides is 1. The summed E-state index contributed by atoms with van der Waals surface area (Å²) in [5.41, 5.74) is 5.97. The maximum absolute atomic E-state index is 11.9. The molecule has 9 heteroatoms. The lowest BCUT2D eigenvalue weighted by Crippen LogP contribution is -2.48. The monoisotopic (exact) mass is 351 g/mol. The summed E-state index contributed by atoms with van der Waals surface area (Å²) in [6.07, 6.45) is 6.57. The molecule has 1 atom stereocenters. The van der Waals surface area contributed by atoms with Crippen LogP contribution in [0.25, 0.3) is 0 Å². The maximum Gasteiger partial charge on any atom is 0.237 e. The molecule has 1 aromatic heterocycles. The lowest BCUT2D eigenvalue weighted by molar-refractivity contribution is -0.124. The summed E-state index contributed by atoms with van der Waals surface area (Å²) < 4.78 is 5.27. The molecule has 1 aliphatic heterocycles. The molecule has 1 fully saturated rings. The molecule has 0 radical (unpaired) electrons.